The standard InChI is InChI=1S/C13H23F2N/c1-2-11-5-9-16(10-6-11)12-3-7-13(14,15)8-4-12/h11-12H,2-10H2,1H3. The summed E-state index contributed by atoms with van der Waals surface area (Å²) in [6.07, 6.45) is 5.41. The Morgan fingerprint density at radius 3 is 2.12 bits per heavy atom. The van der Waals surface area contributed by atoms with E-state index in [0.717, 1.165) is 19.0 Å². The Hall–Kier alpha value is -0.180. The average Bonchev–Trinajstić information content (AvgIpc) is 2.29. The summed E-state index contributed by atoms with van der Waals surface area (Å²) in [5, 5.41) is 0. The third kappa shape index (κ3) is 2.93. The minimum absolute atomic E-state index is 0.103. The zero-order chi connectivity index (χ0) is 11.6. The van der Waals surface area contributed by atoms with Crippen LogP contribution in [0, 0.1) is 5.92 Å². The van der Waals surface area contributed by atoms with Crippen molar-refractivity contribution >= 4 is 0 Å². The van der Waals surface area contributed by atoms with Crippen molar-refractivity contribution in [2.75, 3.05) is 13.1 Å². The summed E-state index contributed by atoms with van der Waals surface area (Å²) >= 11 is 0. The van der Waals surface area contributed by atoms with Gasteiger partial charge in [0.1, 0.15) is 0 Å². The van der Waals surface area contributed by atoms with Crippen molar-refractivity contribution < 1.29 is 8.78 Å². The first-order chi connectivity index (χ1) is 7.61. The van der Waals surface area contributed by atoms with Crippen molar-refractivity contribution in [2.45, 2.75) is 63.8 Å². The van der Waals surface area contributed by atoms with Crippen LogP contribution >= 0.6 is 0 Å². The van der Waals surface area contributed by atoms with E-state index in [9.17, 15) is 8.78 Å². The maximum absolute atomic E-state index is 13.0. The van der Waals surface area contributed by atoms with Crippen LogP contribution in [0.5, 0.6) is 0 Å². The molecule has 0 aromatic carbocycles. The van der Waals surface area contributed by atoms with Gasteiger partial charge in [-0.1, -0.05) is 13.3 Å². The molecule has 0 N–H and O–H groups in total. The van der Waals surface area contributed by atoms with Crippen LogP contribution in [0.2, 0.25) is 0 Å². The molecular weight excluding hydrogens is 208 g/mol. The molecule has 0 radical (unpaired) electrons. The fraction of sp³-hybridized carbons (Fsp3) is 1.00. The first-order valence-corrected chi connectivity index (χ1v) is 6.72. The molecule has 1 saturated carbocycles. The second kappa shape index (κ2) is 4.99. The van der Waals surface area contributed by atoms with Gasteiger partial charge in [-0.25, -0.2) is 8.78 Å². The monoisotopic (exact) mass is 231 g/mol. The number of alkyl halides is 2. The highest BCUT2D eigenvalue weighted by molar-refractivity contribution is 4.85. The number of hydrogen-bond donors (Lipinski definition) is 0. The predicted octanol–water partition coefficient (Wildman–Crippen LogP) is 3.69. The minimum atomic E-state index is -2.38. The van der Waals surface area contributed by atoms with Crippen LogP contribution in [0.3, 0.4) is 0 Å². The van der Waals surface area contributed by atoms with Gasteiger partial charge < -0.3 is 4.90 Å². The molecular formula is C13H23F2N. The first kappa shape index (κ1) is 12.3. The van der Waals surface area contributed by atoms with Gasteiger partial charge in [-0.05, 0) is 44.7 Å². The predicted molar refractivity (Wildman–Crippen MR) is 61.8 cm³/mol. The van der Waals surface area contributed by atoms with E-state index in [2.05, 4.69) is 11.8 Å². The molecule has 1 nitrogen and oxygen atoms in total. The Balaban J connectivity index is 1.78. The molecule has 0 amide bonds. The highest BCUT2D eigenvalue weighted by Crippen LogP contribution is 2.36. The van der Waals surface area contributed by atoms with E-state index >= 15 is 0 Å². The van der Waals surface area contributed by atoms with Crippen LogP contribution in [-0.4, -0.2) is 30.0 Å². The first-order valence-electron chi connectivity index (χ1n) is 6.72. The van der Waals surface area contributed by atoms with E-state index in [0.29, 0.717) is 18.9 Å². The molecule has 0 aromatic heterocycles. The lowest BCUT2D eigenvalue weighted by molar-refractivity contribution is -0.0567. The van der Waals surface area contributed by atoms with E-state index in [1.54, 1.807) is 0 Å². The molecule has 1 aliphatic carbocycles. The number of likely N-dealkylation sites (tertiary alicyclic amines) is 1. The molecule has 0 unspecified atom stereocenters. The zero-order valence-electron chi connectivity index (χ0n) is 10.2. The van der Waals surface area contributed by atoms with E-state index in [-0.39, 0.29) is 12.8 Å². The van der Waals surface area contributed by atoms with Gasteiger partial charge in [0.2, 0.25) is 5.92 Å². The van der Waals surface area contributed by atoms with Gasteiger partial charge in [0.05, 0.1) is 0 Å². The van der Waals surface area contributed by atoms with Gasteiger partial charge in [0.15, 0.2) is 0 Å². The minimum Gasteiger partial charge on any atom is -0.300 e. The topological polar surface area (TPSA) is 3.24 Å². The van der Waals surface area contributed by atoms with Gasteiger partial charge in [0.25, 0.3) is 0 Å². The summed E-state index contributed by atoms with van der Waals surface area (Å²) in [7, 11) is 0. The van der Waals surface area contributed by atoms with Crippen molar-refractivity contribution in [2.24, 2.45) is 5.92 Å². The Morgan fingerprint density at radius 1 is 1.06 bits per heavy atom. The van der Waals surface area contributed by atoms with Crippen LogP contribution < -0.4 is 0 Å². The largest absolute Gasteiger partial charge is 0.300 e. The summed E-state index contributed by atoms with van der Waals surface area (Å²) in [6.45, 7) is 4.52. The van der Waals surface area contributed by atoms with Crippen LogP contribution in [-0.2, 0) is 0 Å². The molecule has 1 aliphatic heterocycles. The fourth-order valence-corrected chi connectivity index (χ4v) is 3.12. The maximum Gasteiger partial charge on any atom is 0.248 e. The second-order valence-electron chi connectivity index (χ2n) is 5.47. The Kier molecular flexibility index (Phi) is 3.83. The van der Waals surface area contributed by atoms with Crippen molar-refractivity contribution in [3.05, 3.63) is 0 Å². The number of halogens is 2. The molecule has 0 spiro atoms. The van der Waals surface area contributed by atoms with Crippen LogP contribution in [0.4, 0.5) is 8.78 Å². The Bertz CT molecular complexity index is 212. The van der Waals surface area contributed by atoms with Crippen LogP contribution in [0.15, 0.2) is 0 Å². The van der Waals surface area contributed by atoms with E-state index in [1.807, 2.05) is 0 Å². The van der Waals surface area contributed by atoms with Crippen LogP contribution in [0.25, 0.3) is 0 Å². The van der Waals surface area contributed by atoms with E-state index in [4.69, 9.17) is 0 Å². The average molecular weight is 231 g/mol. The molecule has 2 rings (SSSR count). The molecule has 2 aliphatic rings. The van der Waals surface area contributed by atoms with Crippen molar-refractivity contribution in [3.63, 3.8) is 0 Å². The number of rotatable bonds is 2. The zero-order valence-corrected chi connectivity index (χ0v) is 10.2. The summed E-state index contributed by atoms with van der Waals surface area (Å²) in [5.41, 5.74) is 0. The Morgan fingerprint density at radius 2 is 1.62 bits per heavy atom. The molecule has 3 heteroatoms. The maximum atomic E-state index is 13.0. The van der Waals surface area contributed by atoms with Gasteiger partial charge in [-0.2, -0.15) is 0 Å². The summed E-state index contributed by atoms with van der Waals surface area (Å²) in [5.74, 6) is -1.50. The quantitative estimate of drug-likeness (QED) is 0.700. The van der Waals surface area contributed by atoms with Gasteiger partial charge in [-0.3, -0.25) is 0 Å². The van der Waals surface area contributed by atoms with Crippen LogP contribution in [0.1, 0.15) is 51.9 Å². The summed E-state index contributed by atoms with van der Waals surface area (Å²) in [4.78, 5) is 2.46. The smallest absolute Gasteiger partial charge is 0.248 e. The lowest BCUT2D eigenvalue weighted by atomic mass is 9.88. The van der Waals surface area contributed by atoms with Gasteiger partial charge in [-0.15, -0.1) is 0 Å². The van der Waals surface area contributed by atoms with Crippen molar-refractivity contribution in [1.82, 2.24) is 4.90 Å². The molecule has 16 heavy (non-hydrogen) atoms. The molecule has 1 saturated heterocycles. The molecule has 1 heterocycles. The number of nitrogens with zero attached hydrogens (tertiary/aromatic N) is 1. The Labute approximate surface area is 97.2 Å². The highest BCUT2D eigenvalue weighted by Gasteiger charge is 2.37. The third-order valence-corrected chi connectivity index (χ3v) is 4.43. The number of piperidine rings is 1. The van der Waals surface area contributed by atoms with E-state index in [1.165, 1.54) is 19.3 Å². The fourth-order valence-electron chi connectivity index (χ4n) is 3.12. The highest BCUT2D eigenvalue weighted by atomic mass is 19.3. The van der Waals surface area contributed by atoms with Gasteiger partial charge in [0, 0.05) is 18.9 Å². The van der Waals surface area contributed by atoms with Crippen molar-refractivity contribution in [1.29, 1.82) is 0 Å². The third-order valence-electron chi connectivity index (χ3n) is 4.43. The summed E-state index contributed by atoms with van der Waals surface area (Å²) < 4.78 is 26.1. The van der Waals surface area contributed by atoms with Gasteiger partial charge >= 0.3 is 0 Å². The molecule has 2 fully saturated rings. The number of hydrogen-bond acceptors (Lipinski definition) is 1. The second-order valence-corrected chi connectivity index (χ2v) is 5.47. The van der Waals surface area contributed by atoms with Crippen molar-refractivity contribution in [3.8, 4) is 0 Å². The summed E-state index contributed by atoms with van der Waals surface area (Å²) in [6, 6.07) is 0.442. The lowest BCUT2D eigenvalue weighted by Gasteiger charge is -2.40. The molecule has 0 bridgehead atoms. The lowest BCUT2D eigenvalue weighted by Crippen LogP contribution is -2.44. The normalized spacial score (nSPS) is 29.4. The molecule has 0 atom stereocenters. The molecule has 0 aromatic rings. The van der Waals surface area contributed by atoms with E-state index < -0.39 is 5.92 Å². The SMILES string of the molecule is CCC1CCN(C2CCC(F)(F)CC2)CC1. The molecule has 94 valence electrons.